The van der Waals surface area contributed by atoms with Gasteiger partial charge in [0, 0.05) is 12.2 Å². The molecule has 21 heavy (non-hydrogen) atoms. The summed E-state index contributed by atoms with van der Waals surface area (Å²) < 4.78 is 18.8. The van der Waals surface area contributed by atoms with E-state index in [0.717, 1.165) is 22.6 Å². The molecule has 0 aliphatic rings. The molecule has 0 aliphatic carbocycles. The fourth-order valence-corrected chi connectivity index (χ4v) is 2.23. The van der Waals surface area contributed by atoms with Crippen LogP contribution in [0.2, 0.25) is 5.02 Å². The van der Waals surface area contributed by atoms with E-state index >= 15 is 0 Å². The molecule has 0 saturated heterocycles. The summed E-state index contributed by atoms with van der Waals surface area (Å²) in [5, 5.41) is 3.46. The first-order chi connectivity index (χ1) is 9.95. The van der Waals surface area contributed by atoms with Crippen LogP contribution in [0.4, 0.5) is 10.1 Å². The molecule has 0 aliphatic heterocycles. The van der Waals surface area contributed by atoms with Gasteiger partial charge in [-0.25, -0.2) is 4.39 Å². The fraction of sp³-hybridized carbons (Fsp3) is 0.294. The lowest BCUT2D eigenvalue weighted by Gasteiger charge is -2.14. The SMILES string of the molecule is Cc1cc(OC(C)C)ccc1NCc1ccc(F)c(Cl)c1. The normalized spacial score (nSPS) is 10.8. The number of anilines is 1. The molecule has 0 spiro atoms. The van der Waals surface area contributed by atoms with Gasteiger partial charge >= 0.3 is 0 Å². The molecule has 0 amide bonds. The highest BCUT2D eigenvalue weighted by atomic mass is 35.5. The Balaban J connectivity index is 2.04. The molecule has 1 N–H and O–H groups in total. The van der Waals surface area contributed by atoms with E-state index in [0.29, 0.717) is 6.54 Å². The Morgan fingerprint density at radius 3 is 2.57 bits per heavy atom. The van der Waals surface area contributed by atoms with E-state index in [4.69, 9.17) is 16.3 Å². The van der Waals surface area contributed by atoms with Crippen LogP contribution >= 0.6 is 11.6 Å². The van der Waals surface area contributed by atoms with Crippen LogP contribution in [0.3, 0.4) is 0 Å². The third-order valence-electron chi connectivity index (χ3n) is 3.04. The van der Waals surface area contributed by atoms with Gasteiger partial charge in [-0.05, 0) is 62.2 Å². The van der Waals surface area contributed by atoms with Crippen LogP contribution in [0.15, 0.2) is 36.4 Å². The van der Waals surface area contributed by atoms with Crippen molar-refractivity contribution in [1.82, 2.24) is 0 Å². The van der Waals surface area contributed by atoms with Crippen LogP contribution in [0.1, 0.15) is 25.0 Å². The van der Waals surface area contributed by atoms with Crippen molar-refractivity contribution in [2.75, 3.05) is 5.32 Å². The summed E-state index contributed by atoms with van der Waals surface area (Å²) in [4.78, 5) is 0. The van der Waals surface area contributed by atoms with Crippen LogP contribution in [0, 0.1) is 12.7 Å². The topological polar surface area (TPSA) is 21.3 Å². The van der Waals surface area contributed by atoms with Gasteiger partial charge < -0.3 is 10.1 Å². The van der Waals surface area contributed by atoms with Crippen molar-refractivity contribution in [1.29, 1.82) is 0 Å². The first kappa shape index (κ1) is 15.6. The number of hydrogen-bond donors (Lipinski definition) is 1. The van der Waals surface area contributed by atoms with Crippen LogP contribution in [0.25, 0.3) is 0 Å². The van der Waals surface area contributed by atoms with E-state index in [2.05, 4.69) is 5.32 Å². The number of nitrogens with one attached hydrogen (secondary N) is 1. The second-order valence-electron chi connectivity index (χ2n) is 5.25. The van der Waals surface area contributed by atoms with Crippen molar-refractivity contribution < 1.29 is 9.13 Å². The van der Waals surface area contributed by atoms with Crippen molar-refractivity contribution in [3.05, 3.63) is 58.4 Å². The molecule has 4 heteroatoms. The van der Waals surface area contributed by atoms with E-state index in [1.54, 1.807) is 12.1 Å². The monoisotopic (exact) mass is 307 g/mol. The highest BCUT2D eigenvalue weighted by Gasteiger charge is 2.04. The summed E-state index contributed by atoms with van der Waals surface area (Å²) in [6.45, 7) is 6.61. The van der Waals surface area contributed by atoms with Crippen molar-refractivity contribution in [3.8, 4) is 5.75 Å². The largest absolute Gasteiger partial charge is 0.491 e. The summed E-state index contributed by atoms with van der Waals surface area (Å²) in [7, 11) is 0. The van der Waals surface area contributed by atoms with E-state index in [1.807, 2.05) is 39.0 Å². The molecular weight excluding hydrogens is 289 g/mol. The maximum absolute atomic E-state index is 13.1. The molecule has 2 aromatic rings. The van der Waals surface area contributed by atoms with E-state index in [1.165, 1.54) is 6.07 Å². The fourth-order valence-electron chi connectivity index (χ4n) is 2.03. The average Bonchev–Trinajstić information content (AvgIpc) is 2.41. The molecule has 0 fully saturated rings. The highest BCUT2D eigenvalue weighted by Crippen LogP contribution is 2.23. The Labute approximate surface area is 129 Å². The molecule has 2 rings (SSSR count). The van der Waals surface area contributed by atoms with Gasteiger partial charge in [-0.3, -0.25) is 0 Å². The minimum Gasteiger partial charge on any atom is -0.491 e. The van der Waals surface area contributed by atoms with E-state index in [-0.39, 0.29) is 11.1 Å². The summed E-state index contributed by atoms with van der Waals surface area (Å²) in [6.07, 6.45) is 0.157. The summed E-state index contributed by atoms with van der Waals surface area (Å²) in [6, 6.07) is 10.7. The Morgan fingerprint density at radius 2 is 1.95 bits per heavy atom. The minimum absolute atomic E-state index is 0.145. The molecule has 112 valence electrons. The second-order valence-corrected chi connectivity index (χ2v) is 5.65. The Morgan fingerprint density at radius 1 is 1.19 bits per heavy atom. The predicted molar refractivity (Wildman–Crippen MR) is 85.7 cm³/mol. The molecule has 0 radical (unpaired) electrons. The lowest BCUT2D eigenvalue weighted by Crippen LogP contribution is -2.06. The first-order valence-corrected chi connectivity index (χ1v) is 7.28. The highest BCUT2D eigenvalue weighted by molar-refractivity contribution is 6.30. The van der Waals surface area contributed by atoms with Gasteiger partial charge in [0.1, 0.15) is 11.6 Å². The van der Waals surface area contributed by atoms with E-state index < -0.39 is 5.82 Å². The quantitative estimate of drug-likeness (QED) is 0.821. The lowest BCUT2D eigenvalue weighted by molar-refractivity contribution is 0.242. The number of aryl methyl sites for hydroxylation is 1. The molecule has 0 saturated carbocycles. The lowest BCUT2D eigenvalue weighted by atomic mass is 10.1. The maximum Gasteiger partial charge on any atom is 0.141 e. The zero-order valence-corrected chi connectivity index (χ0v) is 13.2. The van der Waals surface area contributed by atoms with Crippen LogP contribution in [-0.4, -0.2) is 6.10 Å². The van der Waals surface area contributed by atoms with Gasteiger partial charge in [0.15, 0.2) is 0 Å². The maximum atomic E-state index is 13.1. The molecule has 2 aromatic carbocycles. The van der Waals surface area contributed by atoms with Gasteiger partial charge in [0.2, 0.25) is 0 Å². The molecule has 0 aromatic heterocycles. The molecule has 0 atom stereocenters. The zero-order chi connectivity index (χ0) is 15.4. The Hall–Kier alpha value is -1.74. The zero-order valence-electron chi connectivity index (χ0n) is 12.4. The van der Waals surface area contributed by atoms with Crippen LogP contribution in [0.5, 0.6) is 5.75 Å². The summed E-state index contributed by atoms with van der Waals surface area (Å²) >= 11 is 5.78. The predicted octanol–water partition coefficient (Wildman–Crippen LogP) is 5.19. The Kier molecular flexibility index (Phi) is 5.07. The molecule has 2 nitrogen and oxygen atoms in total. The number of hydrogen-bond acceptors (Lipinski definition) is 2. The molecular formula is C17H19ClFNO. The van der Waals surface area contributed by atoms with Gasteiger partial charge in [-0.15, -0.1) is 0 Å². The van der Waals surface area contributed by atoms with Crippen molar-refractivity contribution in [3.63, 3.8) is 0 Å². The summed E-state index contributed by atoms with van der Waals surface area (Å²) in [5.41, 5.74) is 3.05. The third-order valence-corrected chi connectivity index (χ3v) is 3.33. The van der Waals surface area contributed by atoms with Crippen LogP contribution in [-0.2, 0) is 6.54 Å². The third kappa shape index (κ3) is 4.36. The van der Waals surface area contributed by atoms with Crippen molar-refractivity contribution in [2.45, 2.75) is 33.4 Å². The molecule has 0 heterocycles. The number of benzene rings is 2. The Bertz CT molecular complexity index is 628. The second kappa shape index (κ2) is 6.81. The minimum atomic E-state index is -0.396. The standard InChI is InChI=1S/C17H19ClFNO/c1-11(2)21-14-5-7-17(12(3)8-14)20-10-13-4-6-16(19)15(18)9-13/h4-9,11,20H,10H2,1-3H3. The number of rotatable bonds is 5. The molecule has 0 bridgehead atoms. The smallest absolute Gasteiger partial charge is 0.141 e. The van der Waals surface area contributed by atoms with E-state index in [9.17, 15) is 4.39 Å². The van der Waals surface area contributed by atoms with Gasteiger partial charge in [-0.1, -0.05) is 17.7 Å². The van der Waals surface area contributed by atoms with Crippen molar-refractivity contribution in [2.24, 2.45) is 0 Å². The number of ether oxygens (including phenoxy) is 1. The van der Waals surface area contributed by atoms with Gasteiger partial charge in [0.25, 0.3) is 0 Å². The molecule has 0 unspecified atom stereocenters. The summed E-state index contributed by atoms with van der Waals surface area (Å²) in [5.74, 6) is 0.463. The average molecular weight is 308 g/mol. The van der Waals surface area contributed by atoms with Crippen molar-refractivity contribution >= 4 is 17.3 Å². The first-order valence-electron chi connectivity index (χ1n) is 6.91. The van der Waals surface area contributed by atoms with Crippen LogP contribution < -0.4 is 10.1 Å². The van der Waals surface area contributed by atoms with Gasteiger partial charge in [-0.2, -0.15) is 0 Å². The van der Waals surface area contributed by atoms with Gasteiger partial charge in [0.05, 0.1) is 11.1 Å². The number of halogens is 2.